The molecular formula is C13H27N3O2S. The SMILES string of the molecule is CC1CCCN(S(=O)(=O)N(C)CC2CCCNC2)C1. The molecule has 2 heterocycles. The molecule has 0 saturated carbocycles. The van der Waals surface area contributed by atoms with Crippen molar-refractivity contribution in [1.29, 1.82) is 0 Å². The van der Waals surface area contributed by atoms with E-state index in [-0.39, 0.29) is 0 Å². The zero-order valence-corrected chi connectivity index (χ0v) is 13.0. The molecule has 5 nitrogen and oxygen atoms in total. The first-order valence-corrected chi connectivity index (χ1v) is 8.82. The Morgan fingerprint density at radius 2 is 2.11 bits per heavy atom. The van der Waals surface area contributed by atoms with Crippen LogP contribution in [0.2, 0.25) is 0 Å². The van der Waals surface area contributed by atoms with Gasteiger partial charge in [0.15, 0.2) is 0 Å². The molecule has 0 spiro atoms. The lowest BCUT2D eigenvalue weighted by molar-refractivity contribution is 0.250. The maximum Gasteiger partial charge on any atom is 0.281 e. The van der Waals surface area contributed by atoms with Gasteiger partial charge in [0, 0.05) is 26.7 Å². The average molecular weight is 289 g/mol. The van der Waals surface area contributed by atoms with E-state index in [4.69, 9.17) is 0 Å². The van der Waals surface area contributed by atoms with Crippen molar-refractivity contribution in [2.24, 2.45) is 11.8 Å². The summed E-state index contributed by atoms with van der Waals surface area (Å²) in [6, 6.07) is 0. The lowest BCUT2D eigenvalue weighted by Crippen LogP contribution is -2.48. The van der Waals surface area contributed by atoms with Gasteiger partial charge >= 0.3 is 0 Å². The smallest absolute Gasteiger partial charge is 0.281 e. The van der Waals surface area contributed by atoms with Crippen LogP contribution in [0.25, 0.3) is 0 Å². The van der Waals surface area contributed by atoms with Gasteiger partial charge in [-0.05, 0) is 50.6 Å². The number of hydrogen-bond acceptors (Lipinski definition) is 3. The highest BCUT2D eigenvalue weighted by molar-refractivity contribution is 7.86. The second-order valence-electron chi connectivity index (χ2n) is 6.11. The molecule has 2 aliphatic heterocycles. The van der Waals surface area contributed by atoms with Crippen LogP contribution in [-0.4, -0.2) is 56.8 Å². The standard InChI is InChI=1S/C13H27N3O2S/c1-12-5-4-8-16(10-12)19(17,18)15(2)11-13-6-3-7-14-9-13/h12-14H,3-11H2,1-2H3. The minimum absolute atomic E-state index is 0.454. The summed E-state index contributed by atoms with van der Waals surface area (Å²) in [4.78, 5) is 0. The van der Waals surface area contributed by atoms with E-state index in [1.807, 2.05) is 0 Å². The molecule has 0 aliphatic carbocycles. The van der Waals surface area contributed by atoms with Crippen molar-refractivity contribution < 1.29 is 8.42 Å². The van der Waals surface area contributed by atoms with Gasteiger partial charge < -0.3 is 5.32 Å². The largest absolute Gasteiger partial charge is 0.316 e. The Balaban J connectivity index is 1.93. The van der Waals surface area contributed by atoms with Crippen molar-refractivity contribution in [3.8, 4) is 0 Å². The number of rotatable bonds is 4. The summed E-state index contributed by atoms with van der Waals surface area (Å²) in [5.74, 6) is 0.934. The molecule has 2 atom stereocenters. The summed E-state index contributed by atoms with van der Waals surface area (Å²) in [5.41, 5.74) is 0. The molecule has 0 radical (unpaired) electrons. The molecule has 6 heteroatoms. The summed E-state index contributed by atoms with van der Waals surface area (Å²) in [6.45, 7) is 6.13. The van der Waals surface area contributed by atoms with Crippen LogP contribution in [0.15, 0.2) is 0 Å². The average Bonchev–Trinajstić information content (AvgIpc) is 2.40. The van der Waals surface area contributed by atoms with Crippen LogP contribution in [0.4, 0.5) is 0 Å². The van der Waals surface area contributed by atoms with Gasteiger partial charge in [-0.15, -0.1) is 0 Å². The van der Waals surface area contributed by atoms with Gasteiger partial charge in [0.2, 0.25) is 0 Å². The summed E-state index contributed by atoms with van der Waals surface area (Å²) >= 11 is 0. The third kappa shape index (κ3) is 3.90. The molecule has 2 saturated heterocycles. The minimum atomic E-state index is -3.26. The number of nitrogens with one attached hydrogen (secondary N) is 1. The summed E-state index contributed by atoms with van der Waals surface area (Å²) in [5, 5.41) is 3.34. The lowest BCUT2D eigenvalue weighted by Gasteiger charge is -2.34. The first-order chi connectivity index (χ1) is 9.00. The molecule has 2 rings (SSSR count). The van der Waals surface area contributed by atoms with Crippen LogP contribution in [0.1, 0.15) is 32.6 Å². The molecule has 1 N–H and O–H groups in total. The van der Waals surface area contributed by atoms with Crippen molar-refractivity contribution in [3.05, 3.63) is 0 Å². The monoisotopic (exact) mass is 289 g/mol. The Morgan fingerprint density at radius 3 is 2.74 bits per heavy atom. The zero-order chi connectivity index (χ0) is 13.9. The Labute approximate surface area is 117 Å². The van der Waals surface area contributed by atoms with Gasteiger partial charge in [0.1, 0.15) is 0 Å². The molecule has 0 amide bonds. The molecule has 0 aromatic heterocycles. The molecule has 112 valence electrons. The highest BCUT2D eigenvalue weighted by Crippen LogP contribution is 2.21. The Hall–Kier alpha value is -0.170. The molecule has 0 aromatic rings. The van der Waals surface area contributed by atoms with Crippen LogP contribution in [0.3, 0.4) is 0 Å². The fourth-order valence-corrected chi connectivity index (χ4v) is 4.69. The highest BCUT2D eigenvalue weighted by atomic mass is 32.2. The predicted octanol–water partition coefficient (Wildman–Crippen LogP) is 0.895. The fourth-order valence-electron chi connectivity index (χ4n) is 3.09. The van der Waals surface area contributed by atoms with E-state index in [2.05, 4.69) is 12.2 Å². The third-order valence-electron chi connectivity index (χ3n) is 4.25. The molecular weight excluding hydrogens is 262 g/mol. The predicted molar refractivity (Wildman–Crippen MR) is 77.1 cm³/mol. The first kappa shape index (κ1) is 15.2. The Kier molecular flexibility index (Phi) is 5.22. The zero-order valence-electron chi connectivity index (χ0n) is 12.1. The quantitative estimate of drug-likeness (QED) is 0.836. The van der Waals surface area contributed by atoms with Crippen LogP contribution >= 0.6 is 0 Å². The maximum atomic E-state index is 12.5. The lowest BCUT2D eigenvalue weighted by atomic mass is 10.00. The van der Waals surface area contributed by atoms with E-state index < -0.39 is 10.2 Å². The van der Waals surface area contributed by atoms with Gasteiger partial charge in [-0.25, -0.2) is 0 Å². The summed E-state index contributed by atoms with van der Waals surface area (Å²) in [7, 11) is -1.53. The van der Waals surface area contributed by atoms with Crippen molar-refractivity contribution in [2.75, 3.05) is 39.8 Å². The normalized spacial score (nSPS) is 30.7. The number of piperidine rings is 2. The van der Waals surface area contributed by atoms with E-state index >= 15 is 0 Å². The van der Waals surface area contributed by atoms with E-state index in [9.17, 15) is 8.42 Å². The second kappa shape index (κ2) is 6.52. The van der Waals surface area contributed by atoms with E-state index in [0.29, 0.717) is 31.5 Å². The second-order valence-corrected chi connectivity index (χ2v) is 8.14. The fraction of sp³-hybridized carbons (Fsp3) is 1.00. The van der Waals surface area contributed by atoms with Gasteiger partial charge in [-0.3, -0.25) is 0 Å². The van der Waals surface area contributed by atoms with E-state index in [0.717, 1.165) is 38.8 Å². The van der Waals surface area contributed by atoms with Crippen molar-refractivity contribution in [1.82, 2.24) is 13.9 Å². The van der Waals surface area contributed by atoms with Gasteiger partial charge in [0.25, 0.3) is 10.2 Å². The molecule has 2 aliphatic rings. The summed E-state index contributed by atoms with van der Waals surface area (Å²) < 4.78 is 28.3. The minimum Gasteiger partial charge on any atom is -0.316 e. The number of nitrogens with zero attached hydrogens (tertiary/aromatic N) is 2. The number of hydrogen-bond donors (Lipinski definition) is 1. The molecule has 2 unspecified atom stereocenters. The Bertz CT molecular complexity index is 379. The van der Waals surface area contributed by atoms with Gasteiger partial charge in [-0.2, -0.15) is 17.0 Å². The van der Waals surface area contributed by atoms with Crippen LogP contribution in [0.5, 0.6) is 0 Å². The molecule has 2 fully saturated rings. The van der Waals surface area contributed by atoms with Crippen LogP contribution < -0.4 is 5.32 Å². The topological polar surface area (TPSA) is 52.7 Å². The van der Waals surface area contributed by atoms with E-state index in [1.165, 1.54) is 0 Å². The van der Waals surface area contributed by atoms with Crippen molar-refractivity contribution in [2.45, 2.75) is 32.6 Å². The third-order valence-corrected chi connectivity index (χ3v) is 6.18. The molecule has 0 aromatic carbocycles. The maximum absolute atomic E-state index is 12.5. The first-order valence-electron chi connectivity index (χ1n) is 7.42. The molecule has 19 heavy (non-hydrogen) atoms. The van der Waals surface area contributed by atoms with Crippen molar-refractivity contribution >= 4 is 10.2 Å². The van der Waals surface area contributed by atoms with E-state index in [1.54, 1.807) is 15.7 Å². The van der Waals surface area contributed by atoms with Gasteiger partial charge in [0.05, 0.1) is 0 Å². The van der Waals surface area contributed by atoms with Gasteiger partial charge in [-0.1, -0.05) is 6.92 Å². The highest BCUT2D eigenvalue weighted by Gasteiger charge is 2.31. The van der Waals surface area contributed by atoms with Crippen LogP contribution in [0, 0.1) is 11.8 Å². The van der Waals surface area contributed by atoms with Crippen molar-refractivity contribution in [3.63, 3.8) is 0 Å². The molecule has 0 bridgehead atoms. The Morgan fingerprint density at radius 1 is 1.32 bits per heavy atom. The van der Waals surface area contributed by atoms with Crippen LogP contribution in [-0.2, 0) is 10.2 Å². The summed E-state index contributed by atoms with van der Waals surface area (Å²) in [6.07, 6.45) is 4.41.